The van der Waals surface area contributed by atoms with E-state index in [2.05, 4.69) is 31.4 Å². The van der Waals surface area contributed by atoms with Crippen molar-refractivity contribution in [2.24, 2.45) is 0 Å². The third-order valence-electron chi connectivity index (χ3n) is 4.21. The van der Waals surface area contributed by atoms with Gasteiger partial charge in [-0.3, -0.25) is 14.2 Å². The fraction of sp³-hybridized carbons (Fsp3) is 0.278. The number of anilines is 1. The summed E-state index contributed by atoms with van der Waals surface area (Å²) in [6, 6.07) is 4.25. The Morgan fingerprint density at radius 1 is 1.33 bits per heavy atom. The van der Waals surface area contributed by atoms with E-state index in [0.29, 0.717) is 39.7 Å². The van der Waals surface area contributed by atoms with E-state index in [1.165, 1.54) is 12.1 Å². The molecule has 0 aliphatic rings. The third kappa shape index (κ3) is 4.06. The zero-order valence-corrected chi connectivity index (χ0v) is 17.4. The van der Waals surface area contributed by atoms with Gasteiger partial charge in [-0.15, -0.1) is 0 Å². The molecule has 3 rings (SSSR count). The fourth-order valence-corrected chi connectivity index (χ4v) is 3.45. The molecule has 0 saturated carbocycles. The van der Waals surface area contributed by atoms with Gasteiger partial charge in [0.05, 0.1) is 28.1 Å². The Hall–Kier alpha value is -2.19. The van der Waals surface area contributed by atoms with Gasteiger partial charge in [0, 0.05) is 17.8 Å². The highest BCUT2D eigenvalue weighted by atomic mass is 79.9. The molecule has 3 aromatic rings. The van der Waals surface area contributed by atoms with E-state index in [9.17, 15) is 9.18 Å². The number of amides is 1. The number of nitrogens with zero attached hydrogens (tertiary/aromatic N) is 4. The molecule has 0 spiro atoms. The molecule has 0 saturated heterocycles. The van der Waals surface area contributed by atoms with Crippen LogP contribution in [0.5, 0.6) is 0 Å². The topological polar surface area (TPSA) is 64.7 Å². The lowest BCUT2D eigenvalue weighted by Gasteiger charge is -2.08. The van der Waals surface area contributed by atoms with Gasteiger partial charge in [-0.25, -0.2) is 4.39 Å². The van der Waals surface area contributed by atoms with Crippen LogP contribution in [0.2, 0.25) is 5.02 Å². The average Bonchev–Trinajstić information content (AvgIpc) is 3.12. The summed E-state index contributed by atoms with van der Waals surface area (Å²) in [5, 5.41) is 11.9. The lowest BCUT2D eigenvalue weighted by Crippen LogP contribution is -2.15. The van der Waals surface area contributed by atoms with Crippen molar-refractivity contribution in [3.63, 3.8) is 0 Å². The van der Waals surface area contributed by atoms with E-state index in [1.807, 2.05) is 20.8 Å². The second kappa shape index (κ2) is 7.82. The predicted octanol–water partition coefficient (Wildman–Crippen LogP) is 4.57. The second-order valence-corrected chi connectivity index (χ2v) is 7.34. The Kier molecular flexibility index (Phi) is 5.67. The molecular formula is C18H18BrClFN5O. The Bertz CT molecular complexity index is 1010. The van der Waals surface area contributed by atoms with Gasteiger partial charge in [0.1, 0.15) is 5.82 Å². The maximum absolute atomic E-state index is 13.2. The number of carbonyl (C=O) groups is 1. The number of hydrogen-bond acceptors (Lipinski definition) is 3. The van der Waals surface area contributed by atoms with Crippen molar-refractivity contribution < 1.29 is 9.18 Å². The highest BCUT2D eigenvalue weighted by Crippen LogP contribution is 2.25. The fourth-order valence-electron chi connectivity index (χ4n) is 2.73. The molecule has 2 heterocycles. The van der Waals surface area contributed by atoms with Gasteiger partial charge < -0.3 is 5.32 Å². The SMILES string of the molecule is CCn1cc(Br)c(C(=O)Nc2c(C)nn(Cc3ccc(F)cc3Cl)c2C)n1. The standard InChI is InChI=1S/C18H18BrClFN5O/c1-4-25-9-14(19)17(24-25)18(27)22-16-10(2)23-26(11(16)3)8-12-5-6-13(21)7-15(12)20/h5-7,9H,4,8H2,1-3H3,(H,22,27). The average molecular weight is 455 g/mol. The van der Waals surface area contributed by atoms with Crippen molar-refractivity contribution in [1.82, 2.24) is 19.6 Å². The largest absolute Gasteiger partial charge is 0.317 e. The molecule has 9 heteroatoms. The van der Waals surface area contributed by atoms with Crippen LogP contribution >= 0.6 is 27.5 Å². The van der Waals surface area contributed by atoms with Crippen molar-refractivity contribution in [3.05, 3.63) is 62.4 Å². The minimum absolute atomic E-state index is 0.310. The van der Waals surface area contributed by atoms with E-state index in [1.54, 1.807) is 21.6 Å². The molecule has 0 aliphatic carbocycles. The summed E-state index contributed by atoms with van der Waals surface area (Å²) in [4.78, 5) is 12.6. The molecule has 2 aromatic heterocycles. The first-order valence-corrected chi connectivity index (χ1v) is 9.49. The van der Waals surface area contributed by atoms with Crippen LogP contribution in [0.4, 0.5) is 10.1 Å². The molecule has 0 atom stereocenters. The first-order chi connectivity index (χ1) is 12.8. The maximum atomic E-state index is 13.2. The zero-order chi connectivity index (χ0) is 19.7. The van der Waals surface area contributed by atoms with Crippen LogP contribution < -0.4 is 5.32 Å². The number of nitrogens with one attached hydrogen (secondary N) is 1. The van der Waals surface area contributed by atoms with Gasteiger partial charge in [0.25, 0.3) is 5.91 Å². The molecule has 1 amide bonds. The molecule has 6 nitrogen and oxygen atoms in total. The van der Waals surface area contributed by atoms with Crippen LogP contribution in [0.1, 0.15) is 34.4 Å². The molecule has 1 N–H and O–H groups in total. The quantitative estimate of drug-likeness (QED) is 0.614. The number of benzene rings is 1. The highest BCUT2D eigenvalue weighted by Gasteiger charge is 2.20. The van der Waals surface area contributed by atoms with Gasteiger partial charge in [-0.2, -0.15) is 10.2 Å². The number of halogens is 3. The summed E-state index contributed by atoms with van der Waals surface area (Å²) in [5.41, 5.74) is 3.12. The lowest BCUT2D eigenvalue weighted by molar-refractivity contribution is 0.102. The Morgan fingerprint density at radius 3 is 2.70 bits per heavy atom. The third-order valence-corrected chi connectivity index (χ3v) is 5.14. The summed E-state index contributed by atoms with van der Waals surface area (Å²) in [5.74, 6) is -0.707. The second-order valence-electron chi connectivity index (χ2n) is 6.07. The van der Waals surface area contributed by atoms with Gasteiger partial charge >= 0.3 is 0 Å². The summed E-state index contributed by atoms with van der Waals surface area (Å²) in [6.07, 6.45) is 1.76. The molecule has 0 aliphatic heterocycles. The summed E-state index contributed by atoms with van der Waals surface area (Å²) in [7, 11) is 0. The molecule has 27 heavy (non-hydrogen) atoms. The molecular weight excluding hydrogens is 437 g/mol. The molecule has 0 fully saturated rings. The van der Waals surface area contributed by atoms with Crippen molar-refractivity contribution in [1.29, 1.82) is 0 Å². The number of rotatable bonds is 5. The van der Waals surface area contributed by atoms with Crippen LogP contribution in [0.15, 0.2) is 28.9 Å². The van der Waals surface area contributed by atoms with Gasteiger partial charge in [0.2, 0.25) is 0 Å². The van der Waals surface area contributed by atoms with E-state index in [4.69, 9.17) is 11.6 Å². The monoisotopic (exact) mass is 453 g/mol. The number of hydrogen-bond donors (Lipinski definition) is 1. The van der Waals surface area contributed by atoms with Crippen LogP contribution in [-0.2, 0) is 13.1 Å². The van der Waals surface area contributed by atoms with E-state index in [-0.39, 0.29) is 11.7 Å². The van der Waals surface area contributed by atoms with Crippen molar-refractivity contribution in [2.75, 3.05) is 5.32 Å². The normalized spacial score (nSPS) is 11.0. The van der Waals surface area contributed by atoms with Crippen molar-refractivity contribution >= 4 is 39.1 Å². The molecule has 0 radical (unpaired) electrons. The highest BCUT2D eigenvalue weighted by molar-refractivity contribution is 9.10. The van der Waals surface area contributed by atoms with Crippen LogP contribution in [0, 0.1) is 19.7 Å². The Morgan fingerprint density at radius 2 is 2.07 bits per heavy atom. The van der Waals surface area contributed by atoms with Crippen LogP contribution in [-0.4, -0.2) is 25.5 Å². The summed E-state index contributed by atoms with van der Waals surface area (Å²) < 4.78 is 17.3. The van der Waals surface area contributed by atoms with E-state index < -0.39 is 0 Å². The maximum Gasteiger partial charge on any atom is 0.277 e. The van der Waals surface area contributed by atoms with Crippen LogP contribution in [0.25, 0.3) is 0 Å². The minimum atomic E-state index is -0.387. The smallest absolute Gasteiger partial charge is 0.277 e. The Balaban J connectivity index is 1.85. The van der Waals surface area contributed by atoms with Crippen LogP contribution in [0.3, 0.4) is 0 Å². The minimum Gasteiger partial charge on any atom is -0.317 e. The summed E-state index contributed by atoms with van der Waals surface area (Å²) >= 11 is 9.47. The molecule has 0 bridgehead atoms. The lowest BCUT2D eigenvalue weighted by atomic mass is 10.2. The number of carbonyl (C=O) groups excluding carboxylic acids is 1. The van der Waals surface area contributed by atoms with E-state index in [0.717, 1.165) is 11.3 Å². The van der Waals surface area contributed by atoms with Gasteiger partial charge in [-0.05, 0) is 54.4 Å². The van der Waals surface area contributed by atoms with Gasteiger partial charge in [0.15, 0.2) is 5.69 Å². The van der Waals surface area contributed by atoms with E-state index >= 15 is 0 Å². The zero-order valence-electron chi connectivity index (χ0n) is 15.1. The first-order valence-electron chi connectivity index (χ1n) is 8.32. The molecule has 142 valence electrons. The molecule has 0 unspecified atom stereocenters. The Labute approximate surface area is 169 Å². The van der Waals surface area contributed by atoms with Gasteiger partial charge in [-0.1, -0.05) is 17.7 Å². The number of aryl methyl sites for hydroxylation is 2. The van der Waals surface area contributed by atoms with Crippen molar-refractivity contribution in [2.45, 2.75) is 33.9 Å². The first kappa shape index (κ1) is 19.6. The predicted molar refractivity (Wildman–Crippen MR) is 106 cm³/mol. The summed E-state index contributed by atoms with van der Waals surface area (Å²) in [6.45, 7) is 6.65. The molecule has 1 aromatic carbocycles. The number of aromatic nitrogens is 4. The van der Waals surface area contributed by atoms with Crippen molar-refractivity contribution in [3.8, 4) is 0 Å².